The minimum Gasteiger partial charge on any atom is -1.00 e. The number of thiocarbonyl (C=S) groups is 1. The Labute approximate surface area is 206 Å². The summed E-state index contributed by atoms with van der Waals surface area (Å²) in [6, 6.07) is 11.5. The number of nitrogens with zero attached hydrogens (tertiary/aromatic N) is 5. The third-order valence-electron chi connectivity index (χ3n) is 3.12. The number of nitro groups is 1. The van der Waals surface area contributed by atoms with Crippen molar-refractivity contribution in [1.82, 2.24) is 4.98 Å². The van der Waals surface area contributed by atoms with Crippen molar-refractivity contribution in [2.75, 3.05) is 0 Å². The number of benzene rings is 1. The van der Waals surface area contributed by atoms with E-state index < -0.39 is 4.92 Å². The SMILES string of the molecule is C/C(=N\[N-]C(=S)[N-]c1ccccc1[N+](=O)[O-])c1ccccn1.CCCC.[Cl-].[Cl-].[Sn+4]. The Morgan fingerprint density at radius 2 is 1.72 bits per heavy atom. The molecule has 0 amide bonds. The van der Waals surface area contributed by atoms with Crippen molar-refractivity contribution >= 4 is 58.3 Å². The summed E-state index contributed by atoms with van der Waals surface area (Å²) in [6.07, 6.45) is 4.28. The molecule has 11 heteroatoms. The van der Waals surface area contributed by atoms with Gasteiger partial charge in [0, 0.05) is 18.0 Å². The minimum absolute atomic E-state index is 0. The van der Waals surface area contributed by atoms with Crippen LogP contribution in [0.25, 0.3) is 10.7 Å². The maximum atomic E-state index is 10.9. The molecule has 7 nitrogen and oxygen atoms in total. The largest absolute Gasteiger partial charge is 4.00 e. The molecule has 2 rings (SSSR count). The zero-order chi connectivity index (χ0) is 19.4. The molecule has 2 aromatic rings. The fourth-order valence-electron chi connectivity index (χ4n) is 1.58. The van der Waals surface area contributed by atoms with Crippen LogP contribution < -0.4 is 24.8 Å². The van der Waals surface area contributed by atoms with Crippen LogP contribution in [0.4, 0.5) is 11.4 Å². The van der Waals surface area contributed by atoms with E-state index in [1.165, 1.54) is 25.0 Å². The second kappa shape index (κ2) is 18.5. The summed E-state index contributed by atoms with van der Waals surface area (Å²) in [6.45, 7) is 6.10. The number of rotatable bonds is 5. The maximum absolute atomic E-state index is 10.9. The first-order valence-corrected chi connectivity index (χ1v) is 8.56. The van der Waals surface area contributed by atoms with Crippen molar-refractivity contribution in [2.45, 2.75) is 33.6 Å². The van der Waals surface area contributed by atoms with Gasteiger partial charge in [-0.15, -0.1) is 12.2 Å². The Kier molecular flexibility index (Phi) is 20.6. The maximum Gasteiger partial charge on any atom is 4.00 e. The van der Waals surface area contributed by atoms with Gasteiger partial charge in [0.25, 0.3) is 5.69 Å². The first kappa shape index (κ1) is 32.2. The summed E-state index contributed by atoms with van der Waals surface area (Å²) >= 11 is 4.97. The Balaban J connectivity index is -0.000000885. The van der Waals surface area contributed by atoms with Gasteiger partial charge in [-0.05, 0) is 19.1 Å². The number of nitro benzene ring substituents is 1. The van der Waals surface area contributed by atoms with Crippen LogP contribution >= 0.6 is 12.2 Å². The van der Waals surface area contributed by atoms with Crippen LogP contribution in [0.2, 0.25) is 0 Å². The molecular weight excluding hydrogens is 540 g/mol. The van der Waals surface area contributed by atoms with Gasteiger partial charge in [-0.3, -0.25) is 15.1 Å². The van der Waals surface area contributed by atoms with E-state index in [1.54, 1.807) is 37.4 Å². The van der Waals surface area contributed by atoms with E-state index in [2.05, 4.69) is 34.7 Å². The van der Waals surface area contributed by atoms with E-state index in [4.69, 9.17) is 12.2 Å². The van der Waals surface area contributed by atoms with Crippen molar-refractivity contribution in [3.8, 4) is 0 Å². The van der Waals surface area contributed by atoms with Crippen LogP contribution in [0.15, 0.2) is 53.8 Å². The van der Waals surface area contributed by atoms with Crippen LogP contribution in [-0.2, 0) is 0 Å². The summed E-state index contributed by atoms with van der Waals surface area (Å²) in [5, 5.41) is 18.7. The summed E-state index contributed by atoms with van der Waals surface area (Å²) in [5.41, 5.74) is 5.03. The Hall–Kier alpha value is -1.49. The fraction of sp³-hybridized carbons (Fsp3) is 0.278. The molecule has 1 heterocycles. The molecule has 0 aliphatic heterocycles. The number of aromatic nitrogens is 1. The molecule has 0 radical (unpaired) electrons. The molecule has 29 heavy (non-hydrogen) atoms. The zero-order valence-corrected chi connectivity index (χ0v) is 21.4. The average Bonchev–Trinajstić information content (AvgIpc) is 2.67. The first-order chi connectivity index (χ1) is 12.5. The van der Waals surface area contributed by atoms with E-state index in [0.29, 0.717) is 11.4 Å². The summed E-state index contributed by atoms with van der Waals surface area (Å²) in [7, 11) is 0. The smallest absolute Gasteiger partial charge is 1.00 e. The van der Waals surface area contributed by atoms with E-state index in [-0.39, 0.29) is 65.2 Å². The van der Waals surface area contributed by atoms with Gasteiger partial charge in [0.2, 0.25) is 0 Å². The van der Waals surface area contributed by atoms with Crippen molar-refractivity contribution in [1.29, 1.82) is 0 Å². The second-order valence-electron chi connectivity index (χ2n) is 5.14. The van der Waals surface area contributed by atoms with Crippen molar-refractivity contribution < 1.29 is 29.7 Å². The zero-order valence-electron chi connectivity index (χ0n) is 16.2. The number of halogens is 2. The molecule has 0 saturated carbocycles. The third kappa shape index (κ3) is 12.6. The Bertz CT molecular complexity index is 765. The van der Waals surface area contributed by atoms with Gasteiger partial charge in [-0.2, -0.15) is 5.11 Å². The van der Waals surface area contributed by atoms with Crippen molar-refractivity contribution in [2.24, 2.45) is 5.10 Å². The van der Waals surface area contributed by atoms with Crippen LogP contribution in [0.3, 0.4) is 0 Å². The quantitative estimate of drug-likeness (QED) is 0.162. The molecule has 0 fully saturated rings. The van der Waals surface area contributed by atoms with Crippen LogP contribution in [0.5, 0.6) is 0 Å². The molecule has 0 aliphatic rings. The molecule has 1 aromatic heterocycles. The predicted molar refractivity (Wildman–Crippen MR) is 115 cm³/mol. The molecule has 0 bridgehead atoms. The Morgan fingerprint density at radius 3 is 2.24 bits per heavy atom. The molecule has 154 valence electrons. The molecule has 0 aliphatic carbocycles. The van der Waals surface area contributed by atoms with Gasteiger partial charge in [0.05, 0.1) is 10.6 Å². The molecule has 0 unspecified atom stereocenters. The topological polar surface area (TPSA) is 96.6 Å². The van der Waals surface area contributed by atoms with E-state index in [1.807, 2.05) is 6.07 Å². The van der Waals surface area contributed by atoms with Crippen LogP contribution in [0.1, 0.15) is 39.3 Å². The number of unbranched alkanes of at least 4 members (excludes halogenated alkanes) is 1. The van der Waals surface area contributed by atoms with Crippen molar-refractivity contribution in [3.63, 3.8) is 0 Å². The molecular formula is C18H21Cl2N5O2SSn. The number of pyridine rings is 1. The van der Waals surface area contributed by atoms with Gasteiger partial charge in [-0.1, -0.05) is 56.6 Å². The monoisotopic (exact) mass is 561 g/mol. The van der Waals surface area contributed by atoms with Gasteiger partial charge in [-0.25, -0.2) is 0 Å². The Morgan fingerprint density at radius 1 is 1.14 bits per heavy atom. The molecule has 0 atom stereocenters. The normalized spacial score (nSPS) is 9.28. The van der Waals surface area contributed by atoms with Gasteiger partial charge in [0.15, 0.2) is 0 Å². The predicted octanol–water partition coefficient (Wildman–Crippen LogP) is -0.489. The fourth-order valence-corrected chi connectivity index (χ4v) is 1.72. The van der Waals surface area contributed by atoms with Crippen LogP contribution in [-0.4, -0.2) is 44.6 Å². The van der Waals surface area contributed by atoms with Gasteiger partial charge < -0.3 is 40.7 Å². The van der Waals surface area contributed by atoms with E-state index in [0.717, 1.165) is 0 Å². The summed E-state index contributed by atoms with van der Waals surface area (Å²) in [4.78, 5) is 14.5. The standard InChI is InChI=1S/C14H12N5O2S.C4H10.2ClH.Sn/c1-10(11-6-4-5-9-15-11)17-18-14(22)16-12-7-2-3-8-13(12)19(20)21;1-3-4-2;;;/h2-9H,1H3,(H-,15,16,18,22);3-4H2,1-2H3;2*1H;/q-1;;;;+4/p-3. The summed E-state index contributed by atoms with van der Waals surface area (Å²) in [5.74, 6) is 0. The van der Waals surface area contributed by atoms with Crippen molar-refractivity contribution in [3.05, 3.63) is 75.2 Å². The van der Waals surface area contributed by atoms with E-state index in [9.17, 15) is 10.1 Å². The summed E-state index contributed by atoms with van der Waals surface area (Å²) < 4.78 is 0. The molecule has 1 aromatic carbocycles. The second-order valence-corrected chi connectivity index (χ2v) is 5.51. The third-order valence-corrected chi connectivity index (χ3v) is 3.29. The number of hydrogen-bond donors (Lipinski definition) is 0. The van der Waals surface area contributed by atoms with Crippen LogP contribution in [0, 0.1) is 10.1 Å². The van der Waals surface area contributed by atoms with E-state index >= 15 is 0 Å². The minimum atomic E-state index is -0.524. The number of hydrogen-bond acceptors (Lipinski definition) is 5. The first-order valence-electron chi connectivity index (χ1n) is 8.15. The number of para-hydroxylation sites is 2. The molecule has 0 spiro atoms. The molecule has 0 N–H and O–H groups in total. The molecule has 0 saturated heterocycles. The average molecular weight is 561 g/mol. The van der Waals surface area contributed by atoms with Gasteiger partial charge in [0.1, 0.15) is 0 Å². The van der Waals surface area contributed by atoms with Gasteiger partial charge >= 0.3 is 23.9 Å².